The highest BCUT2D eigenvalue weighted by atomic mass is 16.5. The third kappa shape index (κ3) is 3.70. The van der Waals surface area contributed by atoms with Crippen LogP contribution in [0.4, 0.5) is 0 Å². The molecule has 0 saturated carbocycles. The lowest BCUT2D eigenvalue weighted by Crippen LogP contribution is -2.17. The third-order valence-electron chi connectivity index (χ3n) is 5.18. The number of H-pyrrole nitrogens is 1. The fourth-order valence-corrected chi connectivity index (χ4v) is 3.80. The van der Waals surface area contributed by atoms with Crippen LogP contribution in [0.15, 0.2) is 24.3 Å². The number of ketones is 2. The van der Waals surface area contributed by atoms with Gasteiger partial charge in [0.15, 0.2) is 12.4 Å². The SMILES string of the molecule is CCc1nc2ccccc2c(C(=O)OCC(=O)c2[nH]c(C)c(C(C)=O)c2C)c1C. The average Bonchev–Trinajstić information content (AvgIpc) is 2.99. The molecule has 0 unspecified atom stereocenters. The number of nitrogens with zero attached hydrogens (tertiary/aromatic N) is 1. The zero-order valence-corrected chi connectivity index (χ0v) is 17.3. The lowest BCUT2D eigenvalue weighted by Gasteiger charge is -2.13. The Labute approximate surface area is 169 Å². The number of carbonyl (C=O) groups excluding carboxylic acids is 3. The van der Waals surface area contributed by atoms with Crippen LogP contribution in [0.2, 0.25) is 0 Å². The Morgan fingerprint density at radius 1 is 1.03 bits per heavy atom. The molecule has 2 heterocycles. The van der Waals surface area contributed by atoms with Crippen LogP contribution in [0.5, 0.6) is 0 Å². The van der Waals surface area contributed by atoms with Crippen LogP contribution in [-0.2, 0) is 11.2 Å². The van der Waals surface area contributed by atoms with Crippen molar-refractivity contribution in [2.24, 2.45) is 0 Å². The zero-order chi connectivity index (χ0) is 21.3. The zero-order valence-electron chi connectivity index (χ0n) is 17.3. The fraction of sp³-hybridized carbons (Fsp3) is 0.304. The molecule has 1 N–H and O–H groups in total. The number of aromatic amines is 1. The Morgan fingerprint density at radius 2 is 1.72 bits per heavy atom. The van der Waals surface area contributed by atoms with E-state index in [1.165, 1.54) is 6.92 Å². The maximum atomic E-state index is 12.9. The van der Waals surface area contributed by atoms with Crippen molar-refractivity contribution < 1.29 is 19.1 Å². The van der Waals surface area contributed by atoms with Crippen LogP contribution in [0.1, 0.15) is 67.6 Å². The van der Waals surface area contributed by atoms with Crippen LogP contribution in [0.3, 0.4) is 0 Å². The number of hydrogen-bond donors (Lipinski definition) is 1. The van der Waals surface area contributed by atoms with E-state index in [1.54, 1.807) is 13.8 Å². The van der Waals surface area contributed by atoms with Gasteiger partial charge < -0.3 is 9.72 Å². The first kappa shape index (κ1) is 20.5. The number of fused-ring (bicyclic) bond motifs is 1. The Kier molecular flexibility index (Phi) is 5.64. The van der Waals surface area contributed by atoms with Gasteiger partial charge in [0.2, 0.25) is 5.78 Å². The molecular weight excluding hydrogens is 368 g/mol. The number of benzene rings is 1. The Morgan fingerprint density at radius 3 is 2.34 bits per heavy atom. The molecule has 3 rings (SSSR count). The smallest absolute Gasteiger partial charge is 0.339 e. The molecule has 0 aliphatic carbocycles. The van der Waals surface area contributed by atoms with Crippen LogP contribution >= 0.6 is 0 Å². The number of aryl methyl sites for hydroxylation is 2. The lowest BCUT2D eigenvalue weighted by atomic mass is 10.0. The van der Waals surface area contributed by atoms with Gasteiger partial charge in [-0.1, -0.05) is 25.1 Å². The van der Waals surface area contributed by atoms with Gasteiger partial charge in [-0.15, -0.1) is 0 Å². The summed E-state index contributed by atoms with van der Waals surface area (Å²) in [5.41, 5.74) is 4.75. The highest BCUT2D eigenvalue weighted by Crippen LogP contribution is 2.25. The average molecular weight is 392 g/mol. The number of hydrogen-bond acceptors (Lipinski definition) is 5. The van der Waals surface area contributed by atoms with Gasteiger partial charge in [-0.2, -0.15) is 0 Å². The molecule has 0 bridgehead atoms. The summed E-state index contributed by atoms with van der Waals surface area (Å²) < 4.78 is 5.38. The van der Waals surface area contributed by atoms with Crippen molar-refractivity contribution >= 4 is 28.4 Å². The molecule has 29 heavy (non-hydrogen) atoms. The van der Waals surface area contributed by atoms with E-state index < -0.39 is 12.6 Å². The summed E-state index contributed by atoms with van der Waals surface area (Å²) in [6.45, 7) is 8.32. The summed E-state index contributed by atoms with van der Waals surface area (Å²) in [6, 6.07) is 7.38. The summed E-state index contributed by atoms with van der Waals surface area (Å²) in [6.07, 6.45) is 0.685. The van der Waals surface area contributed by atoms with E-state index in [1.807, 2.05) is 38.1 Å². The van der Waals surface area contributed by atoms with Gasteiger partial charge in [0.25, 0.3) is 0 Å². The predicted octanol–water partition coefficient (Wildman–Crippen LogP) is 4.29. The molecule has 0 atom stereocenters. The monoisotopic (exact) mass is 392 g/mol. The largest absolute Gasteiger partial charge is 0.454 e. The molecule has 150 valence electrons. The topological polar surface area (TPSA) is 89.1 Å². The standard InChI is InChI=1S/C23H24N2O4/c1-6-17-12(2)21(16-9-7-8-10-18(16)25-17)23(28)29-11-19(27)22-13(3)20(15(5)26)14(4)24-22/h7-10,24H,6,11H2,1-5H3. The second kappa shape index (κ2) is 7.99. The first-order valence-electron chi connectivity index (χ1n) is 9.54. The van der Waals surface area contributed by atoms with Crippen molar-refractivity contribution in [3.05, 3.63) is 63.6 Å². The second-order valence-electron chi connectivity index (χ2n) is 7.11. The van der Waals surface area contributed by atoms with Crippen molar-refractivity contribution in [2.45, 2.75) is 41.0 Å². The Balaban J connectivity index is 1.89. The summed E-state index contributed by atoms with van der Waals surface area (Å²) in [4.78, 5) is 44.8. The molecule has 2 aromatic heterocycles. The second-order valence-corrected chi connectivity index (χ2v) is 7.11. The summed E-state index contributed by atoms with van der Waals surface area (Å²) in [5.74, 6) is -1.05. The van der Waals surface area contributed by atoms with Crippen LogP contribution in [0.25, 0.3) is 10.9 Å². The van der Waals surface area contributed by atoms with Crippen molar-refractivity contribution in [3.63, 3.8) is 0 Å². The summed E-state index contributed by atoms with van der Waals surface area (Å²) >= 11 is 0. The molecule has 0 saturated heterocycles. The van der Waals surface area contributed by atoms with Crippen molar-refractivity contribution in [1.29, 1.82) is 0 Å². The van der Waals surface area contributed by atoms with Gasteiger partial charge >= 0.3 is 5.97 Å². The van der Waals surface area contributed by atoms with Gasteiger partial charge in [-0.3, -0.25) is 14.6 Å². The normalized spacial score (nSPS) is 10.9. The number of aromatic nitrogens is 2. The van der Waals surface area contributed by atoms with Gasteiger partial charge in [-0.25, -0.2) is 4.79 Å². The minimum absolute atomic E-state index is 0.113. The maximum absolute atomic E-state index is 12.9. The van der Waals surface area contributed by atoms with Crippen LogP contribution < -0.4 is 0 Å². The number of ether oxygens (including phenoxy) is 1. The van der Waals surface area contributed by atoms with E-state index >= 15 is 0 Å². The first-order valence-corrected chi connectivity index (χ1v) is 9.54. The third-order valence-corrected chi connectivity index (χ3v) is 5.18. The molecular formula is C23H24N2O4. The van der Waals surface area contributed by atoms with E-state index in [-0.39, 0.29) is 11.6 Å². The van der Waals surface area contributed by atoms with E-state index in [9.17, 15) is 14.4 Å². The molecule has 1 aromatic carbocycles. The molecule has 0 amide bonds. The Hall–Kier alpha value is -3.28. The maximum Gasteiger partial charge on any atom is 0.339 e. The number of carbonyl (C=O) groups is 3. The molecule has 0 spiro atoms. The minimum atomic E-state index is -0.558. The molecule has 6 heteroatoms. The fourth-order valence-electron chi connectivity index (χ4n) is 3.80. The van der Waals surface area contributed by atoms with Crippen molar-refractivity contribution in [3.8, 4) is 0 Å². The quantitative estimate of drug-likeness (QED) is 0.499. The molecule has 0 fully saturated rings. The number of esters is 1. The molecule has 0 aliphatic heterocycles. The predicted molar refractivity (Wildman–Crippen MR) is 111 cm³/mol. The Bertz CT molecular complexity index is 1140. The van der Waals surface area contributed by atoms with Crippen LogP contribution in [-0.4, -0.2) is 34.1 Å². The highest BCUT2D eigenvalue weighted by Gasteiger charge is 2.23. The summed E-state index contributed by atoms with van der Waals surface area (Å²) in [7, 11) is 0. The van der Waals surface area contributed by atoms with Gasteiger partial charge in [0.1, 0.15) is 0 Å². The van der Waals surface area contributed by atoms with Gasteiger partial charge in [0.05, 0.1) is 16.8 Å². The number of pyridine rings is 1. The number of para-hydroxylation sites is 1. The number of nitrogens with one attached hydrogen (secondary N) is 1. The van der Waals surface area contributed by atoms with E-state index in [0.29, 0.717) is 39.9 Å². The molecule has 0 aliphatic rings. The van der Waals surface area contributed by atoms with Crippen molar-refractivity contribution in [1.82, 2.24) is 9.97 Å². The van der Waals surface area contributed by atoms with E-state index in [4.69, 9.17) is 4.74 Å². The highest BCUT2D eigenvalue weighted by molar-refractivity contribution is 6.07. The molecule has 0 radical (unpaired) electrons. The first-order chi connectivity index (χ1) is 13.8. The van der Waals surface area contributed by atoms with E-state index in [0.717, 1.165) is 16.8 Å². The van der Waals surface area contributed by atoms with Crippen LogP contribution in [0, 0.1) is 20.8 Å². The summed E-state index contributed by atoms with van der Waals surface area (Å²) in [5, 5.41) is 0.699. The molecule has 3 aromatic rings. The van der Waals surface area contributed by atoms with E-state index in [2.05, 4.69) is 9.97 Å². The van der Waals surface area contributed by atoms with Gasteiger partial charge in [-0.05, 0) is 51.3 Å². The number of Topliss-reactive ketones (excluding diaryl/α,β-unsaturated/α-hetero) is 2. The van der Waals surface area contributed by atoms with Gasteiger partial charge in [0, 0.05) is 22.3 Å². The minimum Gasteiger partial charge on any atom is -0.454 e. The molecule has 6 nitrogen and oxygen atoms in total. The number of rotatable bonds is 6. The van der Waals surface area contributed by atoms with Crippen molar-refractivity contribution in [2.75, 3.05) is 6.61 Å². The lowest BCUT2D eigenvalue weighted by molar-refractivity contribution is 0.0474.